The van der Waals surface area contributed by atoms with E-state index in [4.69, 9.17) is 14.2 Å². The van der Waals surface area contributed by atoms with Crippen LogP contribution in [0.1, 0.15) is 49.4 Å². The Bertz CT molecular complexity index is 803. The van der Waals surface area contributed by atoms with Crippen LogP contribution in [0.5, 0.6) is 17.2 Å². The summed E-state index contributed by atoms with van der Waals surface area (Å²) in [6.45, 7) is 8.03. The van der Waals surface area contributed by atoms with Gasteiger partial charge < -0.3 is 19.5 Å². The van der Waals surface area contributed by atoms with Crippen LogP contribution in [0.25, 0.3) is 0 Å². The molecule has 0 aliphatic carbocycles. The second kappa shape index (κ2) is 10.0. The lowest BCUT2D eigenvalue weighted by atomic mass is 10.0. The van der Waals surface area contributed by atoms with Crippen LogP contribution < -0.4 is 19.5 Å². The summed E-state index contributed by atoms with van der Waals surface area (Å²) in [7, 11) is 3.21. The van der Waals surface area contributed by atoms with Crippen LogP contribution in [0.4, 0.5) is 0 Å². The maximum Gasteiger partial charge on any atom is 0.261 e. The third-order valence-corrected chi connectivity index (χ3v) is 5.02. The highest BCUT2D eigenvalue weighted by Crippen LogP contribution is 2.31. The zero-order valence-corrected chi connectivity index (χ0v) is 17.7. The van der Waals surface area contributed by atoms with E-state index in [1.807, 2.05) is 64.1 Å². The van der Waals surface area contributed by atoms with Crippen LogP contribution in [-0.2, 0) is 4.79 Å². The number of benzene rings is 2. The molecule has 5 nitrogen and oxygen atoms in total. The third-order valence-electron chi connectivity index (χ3n) is 5.02. The smallest absolute Gasteiger partial charge is 0.261 e. The molecular formula is C23H31NO4. The standard InChI is InChI=1S/C23H31NO4/c1-7-18(17-12-13-21(26-5)22(14-17)27-6)24-23(25)19(8-2)28-20-11-9-10-15(3)16(20)4/h9-14,18-19H,7-8H2,1-6H3,(H,24,25)/t18-,19-/m1/s1. The molecule has 0 bridgehead atoms. The Labute approximate surface area is 168 Å². The predicted molar refractivity (Wildman–Crippen MR) is 111 cm³/mol. The van der Waals surface area contributed by atoms with Crippen LogP contribution in [0.3, 0.4) is 0 Å². The topological polar surface area (TPSA) is 56.8 Å². The summed E-state index contributed by atoms with van der Waals surface area (Å²) in [6.07, 6.45) is 0.789. The molecule has 0 aliphatic rings. The van der Waals surface area contributed by atoms with E-state index in [2.05, 4.69) is 5.32 Å². The lowest BCUT2D eigenvalue weighted by Crippen LogP contribution is -2.40. The Morgan fingerprint density at radius 1 is 0.964 bits per heavy atom. The Kier molecular flexibility index (Phi) is 7.73. The molecule has 0 aliphatic heterocycles. The largest absolute Gasteiger partial charge is 0.493 e. The molecule has 0 spiro atoms. The van der Waals surface area contributed by atoms with Gasteiger partial charge in [-0.05, 0) is 61.6 Å². The van der Waals surface area contributed by atoms with Gasteiger partial charge in [-0.1, -0.05) is 32.0 Å². The van der Waals surface area contributed by atoms with Gasteiger partial charge in [-0.2, -0.15) is 0 Å². The fourth-order valence-corrected chi connectivity index (χ4v) is 3.08. The quantitative estimate of drug-likeness (QED) is 0.677. The average Bonchev–Trinajstić information content (AvgIpc) is 2.72. The average molecular weight is 386 g/mol. The van der Waals surface area contributed by atoms with Gasteiger partial charge in [0.2, 0.25) is 0 Å². The first-order valence-electron chi connectivity index (χ1n) is 9.70. The zero-order valence-electron chi connectivity index (χ0n) is 17.7. The van der Waals surface area contributed by atoms with E-state index < -0.39 is 6.10 Å². The van der Waals surface area contributed by atoms with Crippen molar-refractivity contribution in [3.63, 3.8) is 0 Å². The molecule has 152 valence electrons. The van der Waals surface area contributed by atoms with Crippen LogP contribution in [0, 0.1) is 13.8 Å². The van der Waals surface area contributed by atoms with E-state index in [0.29, 0.717) is 17.9 Å². The Hall–Kier alpha value is -2.69. The van der Waals surface area contributed by atoms with Crippen molar-refractivity contribution in [1.82, 2.24) is 5.32 Å². The van der Waals surface area contributed by atoms with Crippen LogP contribution in [0.2, 0.25) is 0 Å². The van der Waals surface area contributed by atoms with E-state index in [1.165, 1.54) is 0 Å². The lowest BCUT2D eigenvalue weighted by molar-refractivity contribution is -0.129. The molecule has 1 N–H and O–H groups in total. The number of hydrogen-bond acceptors (Lipinski definition) is 4. The highest BCUT2D eigenvalue weighted by Gasteiger charge is 2.23. The van der Waals surface area contributed by atoms with Crippen molar-refractivity contribution >= 4 is 5.91 Å². The first-order valence-corrected chi connectivity index (χ1v) is 9.70. The van der Waals surface area contributed by atoms with Gasteiger partial charge in [-0.15, -0.1) is 0 Å². The summed E-state index contributed by atoms with van der Waals surface area (Å²) in [6, 6.07) is 11.5. The second-order valence-corrected chi connectivity index (χ2v) is 6.80. The fourth-order valence-electron chi connectivity index (χ4n) is 3.08. The van der Waals surface area contributed by atoms with Gasteiger partial charge in [0.25, 0.3) is 5.91 Å². The summed E-state index contributed by atoms with van der Waals surface area (Å²) >= 11 is 0. The van der Waals surface area contributed by atoms with Gasteiger partial charge in [-0.3, -0.25) is 4.79 Å². The number of hydrogen-bond donors (Lipinski definition) is 1. The molecule has 0 saturated heterocycles. The molecule has 28 heavy (non-hydrogen) atoms. The first-order chi connectivity index (χ1) is 13.4. The van der Waals surface area contributed by atoms with Crippen molar-refractivity contribution in [2.45, 2.75) is 52.7 Å². The van der Waals surface area contributed by atoms with Crippen molar-refractivity contribution in [2.75, 3.05) is 14.2 Å². The second-order valence-electron chi connectivity index (χ2n) is 6.80. The normalized spacial score (nSPS) is 12.8. The van der Waals surface area contributed by atoms with Crippen LogP contribution in [0.15, 0.2) is 36.4 Å². The van der Waals surface area contributed by atoms with E-state index in [1.54, 1.807) is 14.2 Å². The summed E-state index contributed by atoms with van der Waals surface area (Å²) < 4.78 is 16.7. The van der Waals surface area contributed by atoms with E-state index in [0.717, 1.165) is 28.9 Å². The van der Waals surface area contributed by atoms with Gasteiger partial charge >= 0.3 is 0 Å². The molecule has 0 saturated carbocycles. The number of carbonyl (C=O) groups excluding carboxylic acids is 1. The molecule has 2 aromatic carbocycles. The SMILES string of the molecule is CC[C@@H](Oc1cccc(C)c1C)C(=O)N[C@H](CC)c1ccc(OC)c(OC)c1. The summed E-state index contributed by atoms with van der Waals surface area (Å²) in [5.74, 6) is 1.94. The molecule has 1 amide bonds. The molecule has 2 rings (SSSR count). The van der Waals surface area contributed by atoms with Crippen molar-refractivity contribution in [2.24, 2.45) is 0 Å². The Morgan fingerprint density at radius 3 is 2.29 bits per heavy atom. The number of carbonyl (C=O) groups is 1. The molecule has 0 unspecified atom stereocenters. The minimum absolute atomic E-state index is 0.120. The minimum atomic E-state index is -0.547. The highest BCUT2D eigenvalue weighted by atomic mass is 16.5. The van der Waals surface area contributed by atoms with Crippen LogP contribution in [-0.4, -0.2) is 26.2 Å². The predicted octanol–water partition coefficient (Wildman–Crippen LogP) is 4.75. The van der Waals surface area contributed by atoms with Gasteiger partial charge in [0, 0.05) is 0 Å². The van der Waals surface area contributed by atoms with E-state index >= 15 is 0 Å². The number of ether oxygens (including phenoxy) is 3. The van der Waals surface area contributed by atoms with Crippen molar-refractivity contribution < 1.29 is 19.0 Å². The number of aryl methyl sites for hydroxylation is 1. The van der Waals surface area contributed by atoms with E-state index in [-0.39, 0.29) is 11.9 Å². The van der Waals surface area contributed by atoms with Crippen molar-refractivity contribution in [3.8, 4) is 17.2 Å². The third kappa shape index (κ3) is 4.97. The van der Waals surface area contributed by atoms with Gasteiger partial charge in [0.15, 0.2) is 17.6 Å². The molecule has 0 fully saturated rings. The molecule has 2 atom stereocenters. The number of methoxy groups -OCH3 is 2. The Balaban J connectivity index is 2.16. The number of amides is 1. The lowest BCUT2D eigenvalue weighted by Gasteiger charge is -2.24. The first kappa shape index (κ1) is 21.6. The highest BCUT2D eigenvalue weighted by molar-refractivity contribution is 5.81. The summed E-state index contributed by atoms with van der Waals surface area (Å²) in [5, 5.41) is 3.12. The molecular weight excluding hydrogens is 354 g/mol. The molecule has 0 aromatic heterocycles. The molecule has 2 aromatic rings. The monoisotopic (exact) mass is 385 g/mol. The maximum absolute atomic E-state index is 12.9. The number of nitrogens with one attached hydrogen (secondary N) is 1. The summed E-state index contributed by atoms with van der Waals surface area (Å²) in [4.78, 5) is 12.9. The maximum atomic E-state index is 12.9. The van der Waals surface area contributed by atoms with Gasteiger partial charge in [0.05, 0.1) is 20.3 Å². The minimum Gasteiger partial charge on any atom is -0.493 e. The molecule has 0 heterocycles. The number of rotatable bonds is 9. The van der Waals surface area contributed by atoms with E-state index in [9.17, 15) is 4.79 Å². The fraction of sp³-hybridized carbons (Fsp3) is 0.435. The molecule has 5 heteroatoms. The summed E-state index contributed by atoms with van der Waals surface area (Å²) in [5.41, 5.74) is 3.17. The van der Waals surface area contributed by atoms with Gasteiger partial charge in [-0.25, -0.2) is 0 Å². The van der Waals surface area contributed by atoms with Crippen molar-refractivity contribution in [3.05, 3.63) is 53.1 Å². The molecule has 0 radical (unpaired) electrons. The Morgan fingerprint density at radius 2 is 1.68 bits per heavy atom. The van der Waals surface area contributed by atoms with Crippen LogP contribution >= 0.6 is 0 Å². The van der Waals surface area contributed by atoms with Gasteiger partial charge in [0.1, 0.15) is 5.75 Å². The van der Waals surface area contributed by atoms with Crippen molar-refractivity contribution in [1.29, 1.82) is 0 Å². The zero-order chi connectivity index (χ0) is 20.7.